The van der Waals surface area contributed by atoms with Crippen LogP contribution in [-0.2, 0) is 0 Å². The van der Waals surface area contributed by atoms with Gasteiger partial charge in [-0.15, -0.1) is 0 Å². The van der Waals surface area contributed by atoms with Gasteiger partial charge in [0.05, 0.1) is 6.61 Å². The highest BCUT2D eigenvalue weighted by molar-refractivity contribution is 9.10. The van der Waals surface area contributed by atoms with Gasteiger partial charge in [0.1, 0.15) is 5.75 Å². The van der Waals surface area contributed by atoms with Crippen molar-refractivity contribution in [3.05, 3.63) is 28.2 Å². The van der Waals surface area contributed by atoms with Crippen molar-refractivity contribution in [2.75, 3.05) is 13.2 Å². The molecular formula is C16H26BrNO. The van der Waals surface area contributed by atoms with Gasteiger partial charge < -0.3 is 10.1 Å². The minimum absolute atomic E-state index is 0.318. The summed E-state index contributed by atoms with van der Waals surface area (Å²) in [6.07, 6.45) is 4.73. The molecular weight excluding hydrogens is 302 g/mol. The smallest absolute Gasteiger partial charge is 0.124 e. The number of benzene rings is 1. The van der Waals surface area contributed by atoms with E-state index in [0.717, 1.165) is 36.2 Å². The molecule has 0 radical (unpaired) electrons. The van der Waals surface area contributed by atoms with Crippen LogP contribution in [-0.4, -0.2) is 13.2 Å². The molecule has 0 fully saturated rings. The van der Waals surface area contributed by atoms with Gasteiger partial charge in [-0.3, -0.25) is 0 Å². The molecule has 19 heavy (non-hydrogen) atoms. The largest absolute Gasteiger partial charge is 0.493 e. The molecule has 0 heterocycles. The van der Waals surface area contributed by atoms with Crippen LogP contribution in [0.25, 0.3) is 0 Å². The number of halogens is 1. The number of unbranched alkanes of at least 4 members (excludes halogenated alkanes) is 2. The van der Waals surface area contributed by atoms with Crippen molar-refractivity contribution in [3.8, 4) is 5.75 Å². The Hall–Kier alpha value is -0.540. The molecule has 0 aliphatic heterocycles. The molecule has 0 aliphatic rings. The molecule has 1 rings (SSSR count). The predicted molar refractivity (Wildman–Crippen MR) is 85.9 cm³/mol. The third kappa shape index (κ3) is 5.96. The third-order valence-electron chi connectivity index (χ3n) is 3.14. The quantitative estimate of drug-likeness (QED) is 0.638. The Kier molecular flexibility index (Phi) is 8.15. The van der Waals surface area contributed by atoms with Crippen molar-refractivity contribution in [2.45, 2.75) is 52.5 Å². The van der Waals surface area contributed by atoms with Crippen LogP contribution in [0.1, 0.15) is 58.1 Å². The van der Waals surface area contributed by atoms with Gasteiger partial charge in [0.15, 0.2) is 0 Å². The van der Waals surface area contributed by atoms with Gasteiger partial charge in [-0.1, -0.05) is 42.6 Å². The lowest BCUT2D eigenvalue weighted by atomic mass is 10.1. The zero-order chi connectivity index (χ0) is 14.1. The second kappa shape index (κ2) is 9.38. The Morgan fingerprint density at radius 3 is 2.68 bits per heavy atom. The first-order valence-electron chi connectivity index (χ1n) is 7.34. The number of rotatable bonds is 9. The summed E-state index contributed by atoms with van der Waals surface area (Å²) in [5.41, 5.74) is 1.24. The number of ether oxygens (including phenoxy) is 1. The molecule has 0 saturated carbocycles. The summed E-state index contributed by atoms with van der Waals surface area (Å²) < 4.78 is 7.04. The molecule has 0 aromatic heterocycles. The number of nitrogens with one attached hydrogen (secondary N) is 1. The van der Waals surface area contributed by atoms with E-state index in [1.165, 1.54) is 18.4 Å². The summed E-state index contributed by atoms with van der Waals surface area (Å²) in [5, 5.41) is 3.52. The molecule has 108 valence electrons. The fraction of sp³-hybridized carbons (Fsp3) is 0.625. The minimum Gasteiger partial charge on any atom is -0.493 e. The molecule has 2 nitrogen and oxygen atoms in total. The number of hydrogen-bond acceptors (Lipinski definition) is 2. The van der Waals surface area contributed by atoms with Crippen LogP contribution >= 0.6 is 15.9 Å². The Morgan fingerprint density at radius 2 is 2.00 bits per heavy atom. The molecule has 1 N–H and O–H groups in total. The van der Waals surface area contributed by atoms with Crippen molar-refractivity contribution in [1.29, 1.82) is 0 Å². The van der Waals surface area contributed by atoms with Gasteiger partial charge in [0.2, 0.25) is 0 Å². The summed E-state index contributed by atoms with van der Waals surface area (Å²) in [5.74, 6) is 1.01. The zero-order valence-electron chi connectivity index (χ0n) is 12.3. The third-order valence-corrected chi connectivity index (χ3v) is 3.64. The molecule has 1 unspecified atom stereocenters. The normalized spacial score (nSPS) is 12.4. The Balaban J connectivity index is 2.67. The molecule has 1 aromatic carbocycles. The topological polar surface area (TPSA) is 21.3 Å². The van der Waals surface area contributed by atoms with E-state index >= 15 is 0 Å². The highest BCUT2D eigenvalue weighted by atomic mass is 79.9. The molecule has 0 bridgehead atoms. The average molecular weight is 328 g/mol. The van der Waals surface area contributed by atoms with Crippen molar-refractivity contribution < 1.29 is 4.74 Å². The standard InChI is InChI=1S/C16H26BrNO/c1-4-6-7-11-19-16-9-8-14(17)12-15(16)13(3)18-10-5-2/h8-9,12-13,18H,4-7,10-11H2,1-3H3. The van der Waals surface area contributed by atoms with E-state index in [4.69, 9.17) is 4.74 Å². The fourth-order valence-corrected chi connectivity index (χ4v) is 2.37. The van der Waals surface area contributed by atoms with Crippen molar-refractivity contribution >= 4 is 15.9 Å². The molecule has 1 atom stereocenters. The van der Waals surface area contributed by atoms with Crippen LogP contribution in [0.3, 0.4) is 0 Å². The first-order chi connectivity index (χ1) is 9.19. The molecule has 0 spiro atoms. The predicted octanol–water partition coefficient (Wildman–Crippen LogP) is 5.08. The lowest BCUT2D eigenvalue weighted by Crippen LogP contribution is -2.20. The maximum atomic E-state index is 5.93. The van der Waals surface area contributed by atoms with E-state index in [-0.39, 0.29) is 0 Å². The Bertz CT molecular complexity index is 368. The molecule has 1 aromatic rings. The van der Waals surface area contributed by atoms with Gasteiger partial charge >= 0.3 is 0 Å². The monoisotopic (exact) mass is 327 g/mol. The highest BCUT2D eigenvalue weighted by Crippen LogP contribution is 2.28. The zero-order valence-corrected chi connectivity index (χ0v) is 13.9. The summed E-state index contributed by atoms with van der Waals surface area (Å²) >= 11 is 3.54. The van der Waals surface area contributed by atoms with Crippen molar-refractivity contribution in [3.63, 3.8) is 0 Å². The van der Waals surface area contributed by atoms with Gasteiger partial charge in [-0.2, -0.15) is 0 Å². The van der Waals surface area contributed by atoms with E-state index in [1.807, 2.05) is 6.07 Å². The van der Waals surface area contributed by atoms with Gasteiger partial charge in [-0.05, 0) is 44.5 Å². The van der Waals surface area contributed by atoms with E-state index < -0.39 is 0 Å². The fourth-order valence-electron chi connectivity index (χ4n) is 1.99. The maximum Gasteiger partial charge on any atom is 0.124 e. The molecule has 0 saturated heterocycles. The van der Waals surface area contributed by atoms with Gasteiger partial charge in [0.25, 0.3) is 0 Å². The lowest BCUT2D eigenvalue weighted by Gasteiger charge is -2.18. The highest BCUT2D eigenvalue weighted by Gasteiger charge is 2.11. The lowest BCUT2D eigenvalue weighted by molar-refractivity contribution is 0.300. The summed E-state index contributed by atoms with van der Waals surface area (Å²) in [7, 11) is 0. The molecule has 3 heteroatoms. The van der Waals surface area contributed by atoms with Gasteiger partial charge in [-0.25, -0.2) is 0 Å². The first-order valence-corrected chi connectivity index (χ1v) is 8.14. The second-order valence-electron chi connectivity index (χ2n) is 4.91. The summed E-state index contributed by atoms with van der Waals surface area (Å²) in [4.78, 5) is 0. The van der Waals surface area contributed by atoms with E-state index in [2.05, 4.69) is 54.2 Å². The van der Waals surface area contributed by atoms with Crippen LogP contribution in [0.15, 0.2) is 22.7 Å². The van der Waals surface area contributed by atoms with Gasteiger partial charge in [0, 0.05) is 16.1 Å². The molecule has 0 amide bonds. The number of hydrogen-bond donors (Lipinski definition) is 1. The van der Waals surface area contributed by atoms with Crippen LogP contribution in [0, 0.1) is 0 Å². The SMILES string of the molecule is CCCCCOc1ccc(Br)cc1C(C)NCCC. The summed E-state index contributed by atoms with van der Waals surface area (Å²) in [6, 6.07) is 6.59. The Morgan fingerprint density at radius 1 is 1.21 bits per heavy atom. The van der Waals surface area contributed by atoms with E-state index in [1.54, 1.807) is 0 Å². The first kappa shape index (κ1) is 16.5. The van der Waals surface area contributed by atoms with E-state index in [9.17, 15) is 0 Å². The maximum absolute atomic E-state index is 5.93. The van der Waals surface area contributed by atoms with Crippen LogP contribution in [0.2, 0.25) is 0 Å². The Labute approximate surface area is 126 Å². The average Bonchev–Trinajstić information content (AvgIpc) is 2.42. The van der Waals surface area contributed by atoms with Crippen molar-refractivity contribution in [1.82, 2.24) is 5.32 Å². The van der Waals surface area contributed by atoms with Crippen LogP contribution in [0.4, 0.5) is 0 Å². The summed E-state index contributed by atoms with van der Waals surface area (Å²) in [6.45, 7) is 8.42. The second-order valence-corrected chi connectivity index (χ2v) is 5.83. The van der Waals surface area contributed by atoms with E-state index in [0.29, 0.717) is 6.04 Å². The van der Waals surface area contributed by atoms with Crippen LogP contribution in [0.5, 0.6) is 5.75 Å². The molecule has 0 aliphatic carbocycles. The minimum atomic E-state index is 0.318. The van der Waals surface area contributed by atoms with Crippen LogP contribution < -0.4 is 10.1 Å². The van der Waals surface area contributed by atoms with Crippen molar-refractivity contribution in [2.24, 2.45) is 0 Å².